The molecule has 0 aliphatic carbocycles. The van der Waals surface area contributed by atoms with Gasteiger partial charge in [0.2, 0.25) is 10.0 Å². The fourth-order valence-corrected chi connectivity index (χ4v) is 3.68. The lowest BCUT2D eigenvalue weighted by Crippen LogP contribution is -2.48. The van der Waals surface area contributed by atoms with E-state index in [1.165, 1.54) is 0 Å². The van der Waals surface area contributed by atoms with E-state index in [1.54, 1.807) is 0 Å². The monoisotopic (exact) mass is 248 g/mol. The van der Waals surface area contributed by atoms with Crippen LogP contribution in [0.2, 0.25) is 0 Å². The van der Waals surface area contributed by atoms with Crippen LogP contribution in [0.4, 0.5) is 0 Å². The molecule has 0 aromatic rings. The summed E-state index contributed by atoms with van der Waals surface area (Å²) < 4.78 is 26.6. The number of hydrogen-bond donors (Lipinski definition) is 2. The third-order valence-electron chi connectivity index (χ3n) is 2.89. The maximum atomic E-state index is 11.9. The Balaban J connectivity index is 2.52. The van der Waals surface area contributed by atoms with Crippen molar-refractivity contribution in [3.8, 4) is 0 Å². The maximum absolute atomic E-state index is 11.9. The summed E-state index contributed by atoms with van der Waals surface area (Å²) in [4.78, 5) is 0. The van der Waals surface area contributed by atoms with Gasteiger partial charge in [-0.25, -0.2) is 13.1 Å². The van der Waals surface area contributed by atoms with Gasteiger partial charge in [0.05, 0.1) is 5.75 Å². The normalized spacial score (nSPS) is 27.2. The molecule has 0 amide bonds. The summed E-state index contributed by atoms with van der Waals surface area (Å²) in [6.45, 7) is 9.74. The maximum Gasteiger partial charge on any atom is 0.212 e. The molecule has 16 heavy (non-hydrogen) atoms. The third kappa shape index (κ3) is 4.80. The number of rotatable bonds is 4. The molecular weight excluding hydrogens is 224 g/mol. The van der Waals surface area contributed by atoms with Gasteiger partial charge in [-0.2, -0.15) is 0 Å². The van der Waals surface area contributed by atoms with Crippen LogP contribution < -0.4 is 10.0 Å². The number of nitrogens with one attached hydrogen (secondary N) is 2. The zero-order valence-electron chi connectivity index (χ0n) is 10.8. The van der Waals surface area contributed by atoms with Crippen LogP contribution in [-0.2, 0) is 10.0 Å². The van der Waals surface area contributed by atoms with Crippen molar-refractivity contribution >= 4 is 10.0 Å². The molecule has 1 rings (SSSR count). The zero-order valence-corrected chi connectivity index (χ0v) is 11.6. The minimum absolute atomic E-state index is 0.0591. The molecule has 1 aliphatic rings. The molecule has 96 valence electrons. The molecule has 0 bridgehead atoms. The molecule has 1 aliphatic heterocycles. The van der Waals surface area contributed by atoms with Crippen molar-refractivity contribution in [1.82, 2.24) is 10.0 Å². The van der Waals surface area contributed by atoms with Crippen LogP contribution in [0.3, 0.4) is 0 Å². The lowest BCUT2D eigenvalue weighted by molar-refractivity contribution is 0.392. The number of hydrogen-bond acceptors (Lipinski definition) is 3. The van der Waals surface area contributed by atoms with Crippen LogP contribution in [0.25, 0.3) is 0 Å². The molecule has 0 spiro atoms. The Kier molecular flexibility index (Phi) is 4.03. The van der Waals surface area contributed by atoms with Crippen molar-refractivity contribution in [1.29, 1.82) is 0 Å². The van der Waals surface area contributed by atoms with Gasteiger partial charge in [0.1, 0.15) is 0 Å². The Labute approximate surface area is 99.2 Å². The van der Waals surface area contributed by atoms with Crippen molar-refractivity contribution in [2.45, 2.75) is 46.1 Å². The van der Waals surface area contributed by atoms with Crippen molar-refractivity contribution in [3.63, 3.8) is 0 Å². The van der Waals surface area contributed by atoms with E-state index in [0.717, 1.165) is 19.5 Å². The molecule has 4 nitrogen and oxygen atoms in total. The summed E-state index contributed by atoms with van der Waals surface area (Å²) in [5.74, 6) is 0.214. The van der Waals surface area contributed by atoms with E-state index in [2.05, 4.69) is 30.8 Å². The molecule has 1 fully saturated rings. The van der Waals surface area contributed by atoms with Gasteiger partial charge in [-0.05, 0) is 31.7 Å². The summed E-state index contributed by atoms with van der Waals surface area (Å²) in [5.41, 5.74) is -0.236. The molecule has 5 heteroatoms. The highest BCUT2D eigenvalue weighted by Crippen LogP contribution is 2.20. The highest BCUT2D eigenvalue weighted by atomic mass is 32.2. The predicted molar refractivity (Wildman–Crippen MR) is 66.9 cm³/mol. The Morgan fingerprint density at radius 2 is 2.00 bits per heavy atom. The van der Waals surface area contributed by atoms with E-state index in [1.807, 2.05) is 6.92 Å². The van der Waals surface area contributed by atoms with Crippen LogP contribution in [0, 0.1) is 5.41 Å². The van der Waals surface area contributed by atoms with E-state index in [0.29, 0.717) is 6.42 Å². The van der Waals surface area contributed by atoms with Crippen LogP contribution in [0.5, 0.6) is 0 Å². The molecule has 1 saturated heterocycles. The molecule has 0 aromatic heterocycles. The van der Waals surface area contributed by atoms with Crippen LogP contribution >= 0.6 is 0 Å². The van der Waals surface area contributed by atoms with Gasteiger partial charge in [0.25, 0.3) is 0 Å². The first-order chi connectivity index (χ1) is 7.12. The SMILES string of the molecule is CC(C)(C)CCS(=O)(=O)NC1(C)CCNC1. The van der Waals surface area contributed by atoms with Crippen LogP contribution in [0.15, 0.2) is 0 Å². The summed E-state index contributed by atoms with van der Waals surface area (Å²) in [5, 5.41) is 3.18. The van der Waals surface area contributed by atoms with Gasteiger partial charge in [0, 0.05) is 12.1 Å². The van der Waals surface area contributed by atoms with E-state index in [4.69, 9.17) is 0 Å². The Morgan fingerprint density at radius 3 is 2.44 bits per heavy atom. The molecule has 0 saturated carbocycles. The fraction of sp³-hybridized carbons (Fsp3) is 1.00. The zero-order chi connectivity index (χ0) is 12.4. The highest BCUT2D eigenvalue weighted by molar-refractivity contribution is 7.89. The smallest absolute Gasteiger partial charge is 0.212 e. The molecule has 2 N–H and O–H groups in total. The van der Waals surface area contributed by atoms with Crippen LogP contribution in [0.1, 0.15) is 40.5 Å². The second kappa shape index (κ2) is 4.63. The molecule has 1 atom stereocenters. The first kappa shape index (κ1) is 13.9. The van der Waals surface area contributed by atoms with E-state index in [9.17, 15) is 8.42 Å². The van der Waals surface area contributed by atoms with E-state index in [-0.39, 0.29) is 16.7 Å². The van der Waals surface area contributed by atoms with Crippen molar-refractivity contribution < 1.29 is 8.42 Å². The predicted octanol–water partition coefficient (Wildman–Crippen LogP) is 1.09. The lowest BCUT2D eigenvalue weighted by atomic mass is 9.94. The lowest BCUT2D eigenvalue weighted by Gasteiger charge is -2.25. The first-order valence-corrected chi connectivity index (χ1v) is 7.50. The number of sulfonamides is 1. The van der Waals surface area contributed by atoms with Gasteiger partial charge in [0.15, 0.2) is 0 Å². The van der Waals surface area contributed by atoms with Crippen LogP contribution in [-0.4, -0.2) is 32.8 Å². The van der Waals surface area contributed by atoms with Gasteiger partial charge in [-0.1, -0.05) is 20.8 Å². The summed E-state index contributed by atoms with van der Waals surface area (Å²) in [6.07, 6.45) is 1.55. The van der Waals surface area contributed by atoms with E-state index >= 15 is 0 Å². The Bertz CT molecular complexity index is 324. The minimum atomic E-state index is -3.15. The first-order valence-electron chi connectivity index (χ1n) is 5.84. The topological polar surface area (TPSA) is 58.2 Å². The average Bonchev–Trinajstić information content (AvgIpc) is 2.46. The van der Waals surface area contributed by atoms with Crippen molar-refractivity contribution in [2.75, 3.05) is 18.8 Å². The highest BCUT2D eigenvalue weighted by Gasteiger charge is 2.33. The van der Waals surface area contributed by atoms with Gasteiger partial charge in [-0.15, -0.1) is 0 Å². The standard InChI is InChI=1S/C11H24N2O2S/c1-10(2,3)6-8-16(14,15)13-11(4)5-7-12-9-11/h12-13H,5-9H2,1-4H3. The van der Waals surface area contributed by atoms with Crippen molar-refractivity contribution in [3.05, 3.63) is 0 Å². The largest absolute Gasteiger partial charge is 0.315 e. The van der Waals surface area contributed by atoms with Crippen molar-refractivity contribution in [2.24, 2.45) is 5.41 Å². The molecule has 0 aromatic carbocycles. The van der Waals surface area contributed by atoms with E-state index < -0.39 is 10.0 Å². The van der Waals surface area contributed by atoms with Gasteiger partial charge < -0.3 is 5.32 Å². The second-order valence-corrected chi connectivity index (χ2v) is 8.06. The quantitative estimate of drug-likeness (QED) is 0.783. The summed E-state index contributed by atoms with van der Waals surface area (Å²) in [6, 6.07) is 0. The Hall–Kier alpha value is -0.130. The second-order valence-electron chi connectivity index (χ2n) is 6.22. The molecule has 0 radical (unpaired) electrons. The van der Waals surface area contributed by atoms with Gasteiger partial charge in [-0.3, -0.25) is 0 Å². The molecule has 1 unspecified atom stereocenters. The molecule has 1 heterocycles. The Morgan fingerprint density at radius 1 is 1.38 bits per heavy atom. The average molecular weight is 248 g/mol. The summed E-state index contributed by atoms with van der Waals surface area (Å²) in [7, 11) is -3.15. The molecular formula is C11H24N2O2S. The van der Waals surface area contributed by atoms with Gasteiger partial charge >= 0.3 is 0 Å². The third-order valence-corrected chi connectivity index (χ3v) is 4.44. The summed E-state index contributed by atoms with van der Waals surface area (Å²) >= 11 is 0. The minimum Gasteiger partial charge on any atom is -0.315 e. The fourth-order valence-electron chi connectivity index (χ4n) is 1.77.